The van der Waals surface area contributed by atoms with E-state index in [4.69, 9.17) is 11.8 Å². The molecule has 18 atom stereocenters. The van der Waals surface area contributed by atoms with Crippen LogP contribution in [0, 0.1) is 0 Å². The van der Waals surface area contributed by atoms with E-state index in [2.05, 4.69) is 134 Å². The van der Waals surface area contributed by atoms with E-state index in [-0.39, 0.29) is 97.8 Å². The molecule has 0 aromatic heterocycles. The van der Waals surface area contributed by atoms with Gasteiger partial charge in [0.15, 0.2) is 0 Å². The van der Waals surface area contributed by atoms with E-state index in [0.717, 1.165) is 0 Å². The molecule has 0 nitrogen and oxygen atoms in total. The number of hydrogen-bond acceptors (Lipinski definition) is 1. The van der Waals surface area contributed by atoms with Crippen LogP contribution in [0.1, 0.15) is 0 Å². The predicted octanol–water partition coefficient (Wildman–Crippen LogP) is 17.8. The third kappa shape index (κ3) is 16.1. The molecule has 0 aromatic carbocycles. The van der Waals surface area contributed by atoms with E-state index >= 15 is 0 Å². The van der Waals surface area contributed by atoms with Crippen LogP contribution in [0.2, 0.25) is 0 Å². The van der Waals surface area contributed by atoms with Crippen molar-refractivity contribution in [2.24, 2.45) is 0 Å². The molecule has 0 saturated carbocycles. The zero-order valence-corrected chi connectivity index (χ0v) is 47.3. The van der Waals surface area contributed by atoms with Crippen LogP contribution in [0.3, 0.4) is 0 Å². The topological polar surface area (TPSA) is 0 Å². The first-order chi connectivity index (χ1) is 14.1. The van der Waals surface area contributed by atoms with Crippen molar-refractivity contribution in [3.8, 4) is 0 Å². The lowest BCUT2D eigenvalue weighted by molar-refractivity contribution is 4.44. The van der Waals surface area contributed by atoms with Crippen LogP contribution in [0.5, 0.6) is 0 Å². The summed E-state index contributed by atoms with van der Waals surface area (Å²) in [6.07, 6.45) is 0. The first-order valence-corrected chi connectivity index (χ1v) is 61.7. The van der Waals surface area contributed by atoms with Gasteiger partial charge in [0.1, 0.15) is 0 Å². The Labute approximate surface area is 247 Å². The van der Waals surface area contributed by atoms with Gasteiger partial charge in [-0.05, 0) is 76.9 Å². The molecule has 31 heteroatoms. The molecule has 0 heterocycles. The molecule has 18 unspecified atom stereocenters. The summed E-state index contributed by atoms with van der Waals surface area (Å²) in [6.45, 7) is -0.924. The van der Waals surface area contributed by atoms with Gasteiger partial charge >= 0.3 is 0 Å². The van der Waals surface area contributed by atoms with Gasteiger partial charge in [-0.15, -0.1) is 134 Å². The highest BCUT2D eigenvalue weighted by atomic mass is 33.5. The summed E-state index contributed by atoms with van der Waals surface area (Å²) in [6, 6.07) is 0. The Kier molecular flexibility index (Phi) is 34.3. The summed E-state index contributed by atoms with van der Waals surface area (Å²) < 4.78 is 0. The van der Waals surface area contributed by atoms with Crippen molar-refractivity contribution >= 4 is 251 Å². The van der Waals surface area contributed by atoms with Crippen LogP contribution in [-0.2, 0) is 11.8 Å². The van der Waals surface area contributed by atoms with Crippen molar-refractivity contribution in [1.82, 2.24) is 0 Å². The van der Waals surface area contributed by atoms with E-state index in [1.54, 1.807) is 0 Å². The smallest absolute Gasteiger partial charge is 0.0292 e. The van der Waals surface area contributed by atoms with E-state index in [1.807, 2.05) is 0 Å². The van der Waals surface area contributed by atoms with Crippen LogP contribution in [-0.4, -0.2) is 0 Å². The highest BCUT2D eigenvalue weighted by Gasteiger charge is 2.49. The summed E-state index contributed by atoms with van der Waals surface area (Å²) in [5, 5.41) is 0. The molecular weight excluding hydrogens is 961 g/mol. The second kappa shape index (κ2) is 24.2. The lowest BCUT2D eigenvalue weighted by Crippen LogP contribution is -1.62. The van der Waals surface area contributed by atoms with Crippen molar-refractivity contribution in [3.05, 3.63) is 0 Å². The Hall–Kier alpha value is 13.0. The Bertz CT molecular complexity index is 441. The van der Waals surface area contributed by atoms with Crippen molar-refractivity contribution in [2.45, 2.75) is 0 Å². The van der Waals surface area contributed by atoms with Crippen LogP contribution < -0.4 is 0 Å². The van der Waals surface area contributed by atoms with E-state index in [0.29, 0.717) is 0 Å². The number of hydrogen-bond donors (Lipinski definition) is 0. The lowest BCUT2D eigenvalue weighted by Gasteiger charge is -2.49. The molecule has 0 fully saturated rings. The predicted molar refractivity (Wildman–Crippen MR) is 257 cm³/mol. The van der Waals surface area contributed by atoms with Crippen molar-refractivity contribution in [3.63, 3.8) is 0 Å². The Morgan fingerprint density at radius 1 is 0.355 bits per heavy atom. The second-order valence-electron chi connectivity index (χ2n) is 4.67. The average molecular weight is 992 g/mol. The summed E-state index contributed by atoms with van der Waals surface area (Å²) in [5.41, 5.74) is 0. The molecule has 31 heavy (non-hydrogen) atoms. The maximum atomic E-state index is 6.13. The minimum atomic E-state index is -0.132. The first-order valence-electron chi connectivity index (χ1n) is 6.86. The standard InChI is InChI=1S/H30P30S/c1-17(2)24(15)29(26(18(3)4)19(5)6)25(16-31)30(27(20(7)8)21(9)10)28(22(11)12)23(13)14/h1-15H2. The highest BCUT2D eigenvalue weighted by molar-refractivity contribution is 9.42. The monoisotopic (exact) mass is 991 g/mol. The minimum Gasteiger partial charge on any atom is -0.102 e. The summed E-state index contributed by atoms with van der Waals surface area (Å²) >= 11 is 6.13. The van der Waals surface area contributed by atoms with Crippen LogP contribution in [0.4, 0.5) is 0 Å². The molecule has 0 saturated heterocycles. The third-order valence-electron chi connectivity index (χ3n) is 2.53. The molecule has 186 valence electrons. The molecule has 0 rings (SSSR count). The molecule has 0 amide bonds. The van der Waals surface area contributed by atoms with Gasteiger partial charge < -0.3 is 0 Å². The third-order valence-corrected chi connectivity index (χ3v) is 205. The van der Waals surface area contributed by atoms with E-state index in [9.17, 15) is 0 Å². The van der Waals surface area contributed by atoms with Gasteiger partial charge in [-0.2, -0.15) is 0 Å². The summed E-state index contributed by atoms with van der Waals surface area (Å²) in [4.78, 5) is 0. The lowest BCUT2D eigenvalue weighted by atomic mass is 28.5. The zero-order valence-electron chi connectivity index (χ0n) is 15.8. The molecule has 0 N–H and O–H groups in total. The minimum absolute atomic E-state index is 0.00790. The van der Waals surface area contributed by atoms with Gasteiger partial charge in [-0.25, -0.2) is 0 Å². The van der Waals surface area contributed by atoms with E-state index in [1.165, 1.54) is 7.04 Å². The maximum Gasteiger partial charge on any atom is 0.0292 e. The van der Waals surface area contributed by atoms with E-state index < -0.39 is 0 Å². The van der Waals surface area contributed by atoms with Gasteiger partial charge in [0.2, 0.25) is 0 Å². The van der Waals surface area contributed by atoms with Gasteiger partial charge in [-0.1, -0.05) is 11.8 Å². The first kappa shape index (κ1) is 44.0. The quantitative estimate of drug-likeness (QED) is 0.156. The molecule has 0 spiro atoms. The zero-order chi connectivity index (χ0) is 24.8. The summed E-state index contributed by atoms with van der Waals surface area (Å²) in [5.74, 6) is 0. The molecule has 0 aromatic rings. The fourth-order valence-corrected chi connectivity index (χ4v) is 387. The van der Waals surface area contributed by atoms with Gasteiger partial charge in [-0.3, -0.25) is 0 Å². The Morgan fingerprint density at radius 2 is 0.613 bits per heavy atom. The van der Waals surface area contributed by atoms with Crippen molar-refractivity contribution < 1.29 is 0 Å². The molecule has 0 bridgehead atoms. The average Bonchev–Trinajstić information content (AvgIpc) is 2.58. The molecule has 0 aliphatic rings. The van der Waals surface area contributed by atoms with Gasteiger partial charge in [0.25, 0.3) is 0 Å². The fraction of sp³-hybridized carbons (Fsp3) is 0. The largest absolute Gasteiger partial charge is 0.102 e. The Balaban J connectivity index is 7.00. The maximum absolute atomic E-state index is 6.13. The Morgan fingerprint density at radius 3 is 0.806 bits per heavy atom. The molecular formula is H30P30S. The fourth-order valence-electron chi connectivity index (χ4n) is 1.59. The van der Waals surface area contributed by atoms with Crippen LogP contribution >= 0.6 is 239 Å². The van der Waals surface area contributed by atoms with Crippen molar-refractivity contribution in [2.75, 3.05) is 0 Å². The van der Waals surface area contributed by atoms with Crippen LogP contribution in [0.25, 0.3) is 0 Å². The molecule has 0 radical (unpaired) electrons. The highest BCUT2D eigenvalue weighted by Crippen LogP contribution is 3.36. The molecule has 0 aliphatic heterocycles. The summed E-state index contributed by atoms with van der Waals surface area (Å²) in [7, 11) is 50.1. The normalized spacial score (nSPS) is 16.8. The molecule has 0 aliphatic carbocycles. The second-order valence-corrected chi connectivity index (χ2v) is 126. The SMILES string of the molecule is PP(P)P(P)P(P(P=S)P(P(P(P)P)P(P)P)P(P(P)P)P(P)P)P(P(P)P)P(P)P. The number of rotatable bonds is 14. The van der Waals surface area contributed by atoms with Crippen LogP contribution in [0.15, 0.2) is 0 Å². The van der Waals surface area contributed by atoms with Gasteiger partial charge in [0, 0.05) is 28.0 Å². The van der Waals surface area contributed by atoms with Gasteiger partial charge in [0.05, 0.1) is 0 Å². The van der Waals surface area contributed by atoms with Crippen molar-refractivity contribution in [1.29, 1.82) is 0 Å².